The van der Waals surface area contributed by atoms with Crippen LogP contribution in [0.3, 0.4) is 0 Å². The molecule has 1 N–H and O–H groups in total. The molecule has 0 bridgehead atoms. The highest BCUT2D eigenvalue weighted by Gasteiger charge is 2.25. The second-order valence-corrected chi connectivity index (χ2v) is 7.95. The third kappa shape index (κ3) is 3.85. The first-order valence-electron chi connectivity index (χ1n) is 8.64. The quantitative estimate of drug-likeness (QED) is 0.641. The van der Waals surface area contributed by atoms with Crippen molar-refractivity contribution in [3.05, 3.63) is 44.4 Å². The van der Waals surface area contributed by atoms with Crippen LogP contribution in [-0.2, 0) is 0 Å². The van der Waals surface area contributed by atoms with E-state index in [-0.39, 0.29) is 17.2 Å². The summed E-state index contributed by atoms with van der Waals surface area (Å²) in [5, 5.41) is 14.8. The number of amides is 1. The molecule has 1 amide bonds. The fraction of sp³-hybridized carbons (Fsp3) is 0.444. The van der Waals surface area contributed by atoms with Gasteiger partial charge < -0.3 is 4.90 Å². The van der Waals surface area contributed by atoms with E-state index in [0.717, 1.165) is 36.5 Å². The molecule has 1 fully saturated rings. The lowest BCUT2D eigenvalue weighted by Gasteiger charge is -2.31. The average molecular weight is 374 g/mol. The Morgan fingerprint density at radius 3 is 2.62 bits per heavy atom. The molecule has 138 valence electrons. The van der Waals surface area contributed by atoms with E-state index in [1.807, 2.05) is 18.7 Å². The third-order valence-electron chi connectivity index (χ3n) is 4.81. The van der Waals surface area contributed by atoms with Crippen LogP contribution in [0.15, 0.2) is 18.2 Å². The molecule has 0 aliphatic carbocycles. The SMILES string of the molecule is Cc1nc(NC(=O)c2ccc(N3CCC(C)CC3)c([N+](=O)[O-])c2)sc1C. The first-order valence-corrected chi connectivity index (χ1v) is 9.45. The average Bonchev–Trinajstić information content (AvgIpc) is 2.92. The van der Waals surface area contributed by atoms with E-state index in [9.17, 15) is 14.9 Å². The molecule has 1 aliphatic heterocycles. The van der Waals surface area contributed by atoms with Gasteiger partial charge in [-0.2, -0.15) is 0 Å². The van der Waals surface area contributed by atoms with Gasteiger partial charge in [-0.3, -0.25) is 20.2 Å². The Morgan fingerprint density at radius 2 is 2.04 bits per heavy atom. The van der Waals surface area contributed by atoms with Gasteiger partial charge in [0, 0.05) is 29.6 Å². The molecule has 0 atom stereocenters. The molecular formula is C18H22N4O3S. The van der Waals surface area contributed by atoms with Crippen LogP contribution in [0.1, 0.15) is 40.7 Å². The molecule has 1 aliphatic rings. The summed E-state index contributed by atoms with van der Waals surface area (Å²) >= 11 is 1.39. The molecule has 2 aromatic rings. The minimum atomic E-state index is -0.415. The number of carbonyl (C=O) groups excluding carboxylic acids is 1. The maximum atomic E-state index is 12.5. The second kappa shape index (κ2) is 7.41. The molecule has 0 radical (unpaired) electrons. The number of benzene rings is 1. The van der Waals surface area contributed by atoms with Crippen LogP contribution in [0.25, 0.3) is 0 Å². The van der Waals surface area contributed by atoms with Gasteiger partial charge in [-0.1, -0.05) is 6.92 Å². The van der Waals surface area contributed by atoms with Crippen LogP contribution >= 0.6 is 11.3 Å². The first-order chi connectivity index (χ1) is 12.3. The van der Waals surface area contributed by atoms with Gasteiger partial charge in [0.15, 0.2) is 5.13 Å². The zero-order valence-electron chi connectivity index (χ0n) is 15.1. The maximum absolute atomic E-state index is 12.5. The lowest BCUT2D eigenvalue weighted by atomic mass is 9.98. The fourth-order valence-electron chi connectivity index (χ4n) is 3.02. The van der Waals surface area contributed by atoms with E-state index < -0.39 is 4.92 Å². The number of hydrogen-bond acceptors (Lipinski definition) is 6. The molecule has 1 aromatic heterocycles. The number of hydrogen-bond donors (Lipinski definition) is 1. The third-order valence-corrected chi connectivity index (χ3v) is 5.80. The van der Waals surface area contributed by atoms with Crippen molar-refractivity contribution in [1.29, 1.82) is 0 Å². The van der Waals surface area contributed by atoms with Crippen LogP contribution in [-0.4, -0.2) is 28.9 Å². The van der Waals surface area contributed by atoms with Crippen molar-refractivity contribution in [2.75, 3.05) is 23.3 Å². The van der Waals surface area contributed by atoms with Crippen molar-refractivity contribution in [2.24, 2.45) is 5.92 Å². The normalized spacial score (nSPS) is 15.1. The van der Waals surface area contributed by atoms with Crippen LogP contribution in [0.2, 0.25) is 0 Å². The highest BCUT2D eigenvalue weighted by atomic mass is 32.1. The predicted molar refractivity (Wildman–Crippen MR) is 103 cm³/mol. The number of nitrogens with one attached hydrogen (secondary N) is 1. The van der Waals surface area contributed by atoms with Crippen LogP contribution in [0.4, 0.5) is 16.5 Å². The summed E-state index contributed by atoms with van der Waals surface area (Å²) in [4.78, 5) is 30.9. The Kier molecular flexibility index (Phi) is 5.22. The minimum absolute atomic E-state index is 0.0290. The van der Waals surface area contributed by atoms with E-state index in [2.05, 4.69) is 17.2 Å². The number of nitrogens with zero attached hydrogens (tertiary/aromatic N) is 3. The molecule has 3 rings (SSSR count). The zero-order chi connectivity index (χ0) is 18.8. The van der Waals surface area contributed by atoms with Gasteiger partial charge in [0.25, 0.3) is 11.6 Å². The molecule has 2 heterocycles. The zero-order valence-corrected chi connectivity index (χ0v) is 15.9. The van der Waals surface area contributed by atoms with Crippen LogP contribution in [0.5, 0.6) is 0 Å². The van der Waals surface area contributed by atoms with Gasteiger partial charge in [0.1, 0.15) is 5.69 Å². The Hall–Kier alpha value is -2.48. The van der Waals surface area contributed by atoms with E-state index in [1.165, 1.54) is 17.4 Å². The Balaban J connectivity index is 1.83. The molecule has 8 heteroatoms. The lowest BCUT2D eigenvalue weighted by Crippen LogP contribution is -2.33. The largest absolute Gasteiger partial charge is 0.366 e. The molecule has 0 saturated carbocycles. The molecule has 26 heavy (non-hydrogen) atoms. The van der Waals surface area contributed by atoms with Gasteiger partial charge in [0.05, 0.1) is 10.6 Å². The molecule has 1 saturated heterocycles. The van der Waals surface area contributed by atoms with Gasteiger partial charge in [-0.15, -0.1) is 11.3 Å². The van der Waals surface area contributed by atoms with E-state index in [1.54, 1.807) is 12.1 Å². The monoisotopic (exact) mass is 374 g/mol. The van der Waals surface area contributed by atoms with Crippen molar-refractivity contribution in [3.8, 4) is 0 Å². The maximum Gasteiger partial charge on any atom is 0.293 e. The molecular weight excluding hydrogens is 352 g/mol. The highest BCUT2D eigenvalue weighted by molar-refractivity contribution is 7.15. The van der Waals surface area contributed by atoms with Crippen molar-refractivity contribution in [1.82, 2.24) is 4.98 Å². The van der Waals surface area contributed by atoms with Crippen LogP contribution in [0, 0.1) is 29.9 Å². The minimum Gasteiger partial charge on any atom is -0.366 e. The highest BCUT2D eigenvalue weighted by Crippen LogP contribution is 2.32. The number of anilines is 2. The van der Waals surface area contributed by atoms with Gasteiger partial charge in [0.2, 0.25) is 0 Å². The number of aryl methyl sites for hydroxylation is 2. The van der Waals surface area contributed by atoms with Gasteiger partial charge in [-0.25, -0.2) is 4.98 Å². The standard InChI is InChI=1S/C18H22N4O3S/c1-11-6-8-21(9-7-11)15-5-4-14(10-16(15)22(24)25)17(23)20-18-19-12(2)13(3)26-18/h4-5,10-11H,6-9H2,1-3H3,(H,19,20,23). The van der Waals surface area contributed by atoms with E-state index in [0.29, 0.717) is 16.7 Å². The Labute approximate surface area is 156 Å². The molecule has 1 aromatic carbocycles. The number of nitro groups is 1. The van der Waals surface area contributed by atoms with E-state index in [4.69, 9.17) is 0 Å². The van der Waals surface area contributed by atoms with Crippen molar-refractivity contribution >= 4 is 33.8 Å². The Bertz CT molecular complexity index is 821. The number of rotatable bonds is 4. The smallest absolute Gasteiger partial charge is 0.293 e. The summed E-state index contributed by atoms with van der Waals surface area (Å²) in [5.74, 6) is 0.251. The van der Waals surface area contributed by atoms with Crippen molar-refractivity contribution in [3.63, 3.8) is 0 Å². The number of carbonyl (C=O) groups is 1. The molecule has 7 nitrogen and oxygen atoms in total. The number of aromatic nitrogens is 1. The first kappa shape index (κ1) is 18.3. The molecule has 0 unspecified atom stereocenters. The summed E-state index contributed by atoms with van der Waals surface area (Å²) < 4.78 is 0. The van der Waals surface area contributed by atoms with Crippen molar-refractivity contribution in [2.45, 2.75) is 33.6 Å². The summed E-state index contributed by atoms with van der Waals surface area (Å²) in [6.07, 6.45) is 2.03. The Morgan fingerprint density at radius 1 is 1.35 bits per heavy atom. The number of nitro benzene ring substituents is 1. The number of piperidine rings is 1. The van der Waals surface area contributed by atoms with E-state index >= 15 is 0 Å². The summed E-state index contributed by atoms with van der Waals surface area (Å²) in [6.45, 7) is 7.60. The van der Waals surface area contributed by atoms with Crippen LogP contribution < -0.4 is 10.2 Å². The summed E-state index contributed by atoms with van der Waals surface area (Å²) in [5.41, 5.74) is 1.68. The van der Waals surface area contributed by atoms with Gasteiger partial charge in [-0.05, 0) is 44.7 Å². The number of thiazole rings is 1. The lowest BCUT2D eigenvalue weighted by molar-refractivity contribution is -0.384. The summed E-state index contributed by atoms with van der Waals surface area (Å²) in [7, 11) is 0. The van der Waals surface area contributed by atoms with Gasteiger partial charge >= 0.3 is 0 Å². The topological polar surface area (TPSA) is 88.4 Å². The second-order valence-electron chi connectivity index (χ2n) is 6.74. The van der Waals surface area contributed by atoms with Crippen molar-refractivity contribution < 1.29 is 9.72 Å². The fourth-order valence-corrected chi connectivity index (χ4v) is 3.83. The predicted octanol–water partition coefficient (Wildman–Crippen LogP) is 4.16. The summed E-state index contributed by atoms with van der Waals surface area (Å²) in [6, 6.07) is 4.68. The molecule has 0 spiro atoms.